The minimum atomic E-state index is -1.01. The number of hydrogen-bond donors (Lipinski definition) is 1. The smallest absolute Gasteiger partial charge is 0.341 e. The maximum Gasteiger partial charge on any atom is 0.341 e. The Labute approximate surface area is 205 Å². The van der Waals surface area contributed by atoms with Crippen molar-refractivity contribution in [2.75, 3.05) is 6.61 Å². The second-order valence-corrected chi connectivity index (χ2v) is 8.75. The van der Waals surface area contributed by atoms with Gasteiger partial charge in [0, 0.05) is 18.8 Å². The first-order chi connectivity index (χ1) is 16.9. The highest BCUT2D eigenvalue weighted by Crippen LogP contribution is 2.33. The van der Waals surface area contributed by atoms with E-state index in [9.17, 15) is 9.59 Å². The van der Waals surface area contributed by atoms with Crippen molar-refractivity contribution in [2.45, 2.75) is 33.2 Å². The molecular weight excluding hydrogens is 438 g/mol. The van der Waals surface area contributed by atoms with Crippen molar-refractivity contribution in [3.8, 4) is 28.0 Å². The summed E-state index contributed by atoms with van der Waals surface area (Å²) in [5, 5.41) is 8.79. The van der Waals surface area contributed by atoms with Gasteiger partial charge in [-0.3, -0.25) is 4.79 Å². The van der Waals surface area contributed by atoms with Crippen LogP contribution in [0, 0.1) is 13.8 Å². The van der Waals surface area contributed by atoms with Crippen molar-refractivity contribution in [1.82, 2.24) is 4.57 Å². The highest BCUT2D eigenvalue weighted by molar-refractivity contribution is 5.84. The van der Waals surface area contributed by atoms with Crippen molar-refractivity contribution in [2.24, 2.45) is 0 Å². The third-order valence-electron chi connectivity index (χ3n) is 6.02. The van der Waals surface area contributed by atoms with Crippen molar-refractivity contribution in [3.63, 3.8) is 0 Å². The van der Waals surface area contributed by atoms with Gasteiger partial charge in [-0.1, -0.05) is 60.2 Å². The van der Waals surface area contributed by atoms with Crippen molar-refractivity contribution in [3.05, 3.63) is 112 Å². The average Bonchev–Trinajstić information content (AvgIpc) is 2.84. The van der Waals surface area contributed by atoms with E-state index in [0.29, 0.717) is 12.3 Å². The van der Waals surface area contributed by atoms with Gasteiger partial charge in [-0.2, -0.15) is 0 Å². The molecule has 1 heterocycles. The molecule has 4 aromatic rings. The van der Waals surface area contributed by atoms with Crippen LogP contribution in [0.4, 0.5) is 0 Å². The largest absolute Gasteiger partial charge is 0.482 e. The van der Waals surface area contributed by atoms with E-state index in [1.807, 2.05) is 42.6 Å². The summed E-state index contributed by atoms with van der Waals surface area (Å²) in [6, 6.07) is 25.7. The van der Waals surface area contributed by atoms with E-state index in [2.05, 4.69) is 44.2 Å². The molecule has 0 saturated carbocycles. The fourth-order valence-electron chi connectivity index (χ4n) is 4.34. The molecule has 0 radical (unpaired) electrons. The highest BCUT2D eigenvalue weighted by Gasteiger charge is 2.11. The lowest BCUT2D eigenvalue weighted by atomic mass is 9.92. The zero-order chi connectivity index (χ0) is 24.8. The standard InChI is InChI=1S/C30H29NO4/c1-21-12-14-26(22(2)17-21)28-11-4-3-10-27(28)24-13-15-29(32)31(19-24)16-6-8-23-7-5-9-25(18-23)35-20-30(33)34/h3-5,7,9-15,17-19H,6,8,16,20H2,1-2H3,(H,33,34). The Hall–Kier alpha value is -4.12. The number of carbonyl (C=O) groups is 1. The van der Waals surface area contributed by atoms with Crippen LogP contribution in [-0.2, 0) is 17.8 Å². The summed E-state index contributed by atoms with van der Waals surface area (Å²) in [6.07, 6.45) is 3.46. The van der Waals surface area contributed by atoms with Crippen LogP contribution in [-0.4, -0.2) is 22.2 Å². The van der Waals surface area contributed by atoms with Crippen LogP contribution < -0.4 is 10.3 Å². The predicted molar refractivity (Wildman–Crippen MR) is 139 cm³/mol. The predicted octanol–water partition coefficient (Wildman–Crippen LogP) is 5.90. The van der Waals surface area contributed by atoms with Gasteiger partial charge in [0.2, 0.25) is 0 Å². The first-order valence-corrected chi connectivity index (χ1v) is 11.7. The van der Waals surface area contributed by atoms with E-state index >= 15 is 0 Å². The first-order valence-electron chi connectivity index (χ1n) is 11.7. The van der Waals surface area contributed by atoms with Gasteiger partial charge >= 0.3 is 5.97 Å². The summed E-state index contributed by atoms with van der Waals surface area (Å²) in [5.74, 6) is -0.471. The quantitative estimate of drug-likeness (QED) is 0.333. The Bertz CT molecular complexity index is 1400. The Morgan fingerprint density at radius 1 is 0.886 bits per heavy atom. The molecule has 0 bridgehead atoms. The van der Waals surface area contributed by atoms with Crippen molar-refractivity contribution in [1.29, 1.82) is 0 Å². The number of aliphatic carboxylic acids is 1. The molecule has 1 aromatic heterocycles. The van der Waals surface area contributed by atoms with Crippen molar-refractivity contribution >= 4 is 5.97 Å². The first kappa shape index (κ1) is 24.0. The van der Waals surface area contributed by atoms with E-state index in [0.717, 1.165) is 35.1 Å². The number of nitrogens with zero attached hydrogens (tertiary/aromatic N) is 1. The number of aromatic nitrogens is 1. The third kappa shape index (κ3) is 6.07. The molecule has 3 aromatic carbocycles. The lowest BCUT2D eigenvalue weighted by Crippen LogP contribution is -2.19. The number of carboxylic acid groups (broad SMARTS) is 1. The van der Waals surface area contributed by atoms with Gasteiger partial charge in [0.1, 0.15) is 5.75 Å². The van der Waals surface area contributed by atoms with Crippen LogP contribution in [0.25, 0.3) is 22.3 Å². The molecule has 0 saturated heterocycles. The van der Waals surface area contributed by atoms with Gasteiger partial charge in [0.15, 0.2) is 6.61 Å². The maximum absolute atomic E-state index is 12.6. The summed E-state index contributed by atoms with van der Waals surface area (Å²) in [4.78, 5) is 23.3. The highest BCUT2D eigenvalue weighted by atomic mass is 16.5. The SMILES string of the molecule is Cc1ccc(-c2ccccc2-c2ccc(=O)n(CCCc3cccc(OCC(=O)O)c3)c2)c(C)c1. The normalized spacial score (nSPS) is 10.8. The molecule has 0 aliphatic heterocycles. The molecule has 0 unspecified atom stereocenters. The molecule has 35 heavy (non-hydrogen) atoms. The molecule has 5 heteroatoms. The fourth-order valence-corrected chi connectivity index (χ4v) is 4.34. The number of carboxylic acids is 1. The molecule has 0 aliphatic rings. The topological polar surface area (TPSA) is 68.5 Å². The van der Waals surface area contributed by atoms with E-state index in [1.165, 1.54) is 16.7 Å². The van der Waals surface area contributed by atoms with Gasteiger partial charge in [-0.25, -0.2) is 4.79 Å². The zero-order valence-corrected chi connectivity index (χ0v) is 20.0. The molecule has 5 nitrogen and oxygen atoms in total. The summed E-state index contributed by atoms with van der Waals surface area (Å²) in [7, 11) is 0. The minimum absolute atomic E-state index is 0.0312. The third-order valence-corrected chi connectivity index (χ3v) is 6.02. The molecule has 0 atom stereocenters. The van der Waals surface area contributed by atoms with Crippen LogP contribution >= 0.6 is 0 Å². The van der Waals surface area contributed by atoms with E-state index < -0.39 is 5.97 Å². The summed E-state index contributed by atoms with van der Waals surface area (Å²) in [6.45, 7) is 4.44. The van der Waals surface area contributed by atoms with Crippen LogP contribution in [0.5, 0.6) is 5.75 Å². The molecule has 0 aliphatic carbocycles. The molecule has 178 valence electrons. The van der Waals surface area contributed by atoms with Crippen LogP contribution in [0.15, 0.2) is 89.9 Å². The molecular formula is C30H29NO4. The lowest BCUT2D eigenvalue weighted by Gasteiger charge is -2.14. The number of ether oxygens (including phenoxy) is 1. The fraction of sp³-hybridized carbons (Fsp3) is 0.200. The molecule has 0 spiro atoms. The number of aryl methyl sites for hydroxylation is 4. The van der Waals surface area contributed by atoms with Gasteiger partial charge in [-0.05, 0) is 78.3 Å². The van der Waals surface area contributed by atoms with Crippen LogP contribution in [0.1, 0.15) is 23.1 Å². The summed E-state index contributed by atoms with van der Waals surface area (Å²) in [5.41, 5.74) is 7.90. The number of benzene rings is 3. The molecule has 0 amide bonds. The Kier molecular flexibility index (Phi) is 7.46. The van der Waals surface area contributed by atoms with E-state index in [-0.39, 0.29) is 12.2 Å². The molecule has 0 fully saturated rings. The van der Waals surface area contributed by atoms with Crippen molar-refractivity contribution < 1.29 is 14.6 Å². The number of hydrogen-bond acceptors (Lipinski definition) is 3. The Morgan fingerprint density at radius 3 is 2.46 bits per heavy atom. The Balaban J connectivity index is 1.52. The average molecular weight is 468 g/mol. The molecule has 1 N–H and O–H groups in total. The second-order valence-electron chi connectivity index (χ2n) is 8.75. The van der Waals surface area contributed by atoms with Crippen LogP contribution in [0.2, 0.25) is 0 Å². The lowest BCUT2D eigenvalue weighted by molar-refractivity contribution is -0.139. The van der Waals surface area contributed by atoms with Crippen LogP contribution in [0.3, 0.4) is 0 Å². The Morgan fingerprint density at radius 2 is 1.69 bits per heavy atom. The van der Waals surface area contributed by atoms with E-state index in [4.69, 9.17) is 9.84 Å². The van der Waals surface area contributed by atoms with Gasteiger partial charge in [-0.15, -0.1) is 0 Å². The summed E-state index contributed by atoms with van der Waals surface area (Å²) < 4.78 is 7.03. The molecule has 4 rings (SSSR count). The van der Waals surface area contributed by atoms with E-state index in [1.54, 1.807) is 16.7 Å². The van der Waals surface area contributed by atoms with Gasteiger partial charge in [0.05, 0.1) is 0 Å². The monoisotopic (exact) mass is 467 g/mol. The second kappa shape index (κ2) is 10.9. The zero-order valence-electron chi connectivity index (χ0n) is 20.0. The maximum atomic E-state index is 12.6. The number of rotatable bonds is 9. The summed E-state index contributed by atoms with van der Waals surface area (Å²) >= 11 is 0. The number of pyridine rings is 1. The van der Waals surface area contributed by atoms with Gasteiger partial charge < -0.3 is 14.4 Å². The minimum Gasteiger partial charge on any atom is -0.482 e. The van der Waals surface area contributed by atoms with Gasteiger partial charge in [0.25, 0.3) is 5.56 Å².